The highest BCUT2D eigenvalue weighted by Crippen LogP contribution is 1.84. The van der Waals surface area contributed by atoms with Crippen LogP contribution in [0.1, 0.15) is 6.42 Å². The smallest absolute Gasteiger partial charge is 0.100 e. The molecule has 4 N–H and O–H groups in total. The first kappa shape index (κ1) is 9.84. The molecule has 0 spiro atoms. The van der Waals surface area contributed by atoms with Gasteiger partial charge in [0.05, 0.1) is 13.2 Å². The number of ether oxygens (including phenoxy) is 1. The minimum Gasteiger partial charge on any atom is -0.394 e. The molecule has 0 amide bonds. The van der Waals surface area contributed by atoms with Gasteiger partial charge in [-0.3, -0.25) is 0 Å². The molecule has 0 saturated carbocycles. The normalized spacial score (nSPS) is 13.5. The molecule has 10 heavy (non-hydrogen) atoms. The van der Waals surface area contributed by atoms with Gasteiger partial charge in [-0.2, -0.15) is 0 Å². The SMILES string of the molecule is NCCCOC[C@@H](O)CO. The van der Waals surface area contributed by atoms with E-state index in [2.05, 4.69) is 0 Å². The van der Waals surface area contributed by atoms with Gasteiger partial charge in [-0.15, -0.1) is 0 Å². The quantitative estimate of drug-likeness (QED) is 0.410. The largest absolute Gasteiger partial charge is 0.394 e. The minimum absolute atomic E-state index is 0.191. The number of nitrogens with two attached hydrogens (primary N) is 1. The molecule has 4 nitrogen and oxygen atoms in total. The van der Waals surface area contributed by atoms with Crippen LogP contribution in [0.25, 0.3) is 0 Å². The van der Waals surface area contributed by atoms with E-state index < -0.39 is 6.10 Å². The molecule has 62 valence electrons. The zero-order valence-corrected chi connectivity index (χ0v) is 5.99. The van der Waals surface area contributed by atoms with E-state index in [-0.39, 0.29) is 13.2 Å². The molecular formula is C6H15NO3. The fourth-order valence-corrected chi connectivity index (χ4v) is 0.457. The van der Waals surface area contributed by atoms with Crippen LogP contribution in [-0.2, 0) is 4.74 Å². The molecule has 0 radical (unpaired) electrons. The van der Waals surface area contributed by atoms with E-state index in [1.54, 1.807) is 0 Å². The van der Waals surface area contributed by atoms with Crippen molar-refractivity contribution in [2.45, 2.75) is 12.5 Å². The first-order chi connectivity index (χ1) is 4.81. The molecular weight excluding hydrogens is 134 g/mol. The third-order valence-corrected chi connectivity index (χ3v) is 1.01. The van der Waals surface area contributed by atoms with Crippen LogP contribution in [0.5, 0.6) is 0 Å². The summed E-state index contributed by atoms with van der Waals surface area (Å²) in [5.74, 6) is 0. The van der Waals surface area contributed by atoms with Gasteiger partial charge in [0, 0.05) is 6.61 Å². The van der Waals surface area contributed by atoms with Crippen molar-refractivity contribution in [1.29, 1.82) is 0 Å². The van der Waals surface area contributed by atoms with Crippen LogP contribution in [0.15, 0.2) is 0 Å². The van der Waals surface area contributed by atoms with Crippen molar-refractivity contribution in [2.24, 2.45) is 5.73 Å². The van der Waals surface area contributed by atoms with Crippen molar-refractivity contribution in [3.8, 4) is 0 Å². The summed E-state index contributed by atoms with van der Waals surface area (Å²) in [5, 5.41) is 17.1. The number of hydrogen-bond acceptors (Lipinski definition) is 4. The van der Waals surface area contributed by atoms with E-state index in [1.165, 1.54) is 0 Å². The topological polar surface area (TPSA) is 75.7 Å². The van der Waals surface area contributed by atoms with Gasteiger partial charge in [0.25, 0.3) is 0 Å². The highest BCUT2D eigenvalue weighted by molar-refractivity contribution is 4.48. The molecule has 0 saturated heterocycles. The minimum atomic E-state index is -0.752. The number of aliphatic hydroxyl groups excluding tert-OH is 2. The molecule has 4 heteroatoms. The van der Waals surface area contributed by atoms with Gasteiger partial charge in [0.1, 0.15) is 6.10 Å². The predicted octanol–water partition coefficient (Wildman–Crippen LogP) is -1.30. The number of aliphatic hydroxyl groups is 2. The van der Waals surface area contributed by atoms with Crippen LogP contribution in [-0.4, -0.2) is 42.7 Å². The lowest BCUT2D eigenvalue weighted by Gasteiger charge is -2.06. The molecule has 0 aliphatic heterocycles. The average molecular weight is 149 g/mol. The van der Waals surface area contributed by atoms with Gasteiger partial charge in [0.2, 0.25) is 0 Å². The predicted molar refractivity (Wildman–Crippen MR) is 37.6 cm³/mol. The van der Waals surface area contributed by atoms with E-state index in [4.69, 9.17) is 20.7 Å². The Labute approximate surface area is 60.6 Å². The van der Waals surface area contributed by atoms with Crippen molar-refractivity contribution in [3.63, 3.8) is 0 Å². The van der Waals surface area contributed by atoms with Crippen molar-refractivity contribution < 1.29 is 14.9 Å². The standard InChI is InChI=1S/C6H15NO3/c7-2-1-3-10-5-6(9)4-8/h6,8-9H,1-5,7H2/t6-/m0/s1. The van der Waals surface area contributed by atoms with Crippen LogP contribution < -0.4 is 5.73 Å². The van der Waals surface area contributed by atoms with Crippen LogP contribution in [0.2, 0.25) is 0 Å². The molecule has 0 aliphatic carbocycles. The fourth-order valence-electron chi connectivity index (χ4n) is 0.457. The first-order valence-electron chi connectivity index (χ1n) is 3.38. The van der Waals surface area contributed by atoms with Gasteiger partial charge in [0.15, 0.2) is 0 Å². The Morgan fingerprint density at radius 1 is 1.50 bits per heavy atom. The van der Waals surface area contributed by atoms with E-state index >= 15 is 0 Å². The Hall–Kier alpha value is -0.160. The van der Waals surface area contributed by atoms with Crippen LogP contribution in [0.4, 0.5) is 0 Å². The first-order valence-corrected chi connectivity index (χ1v) is 3.38. The summed E-state index contributed by atoms with van der Waals surface area (Å²) < 4.78 is 4.94. The van der Waals surface area contributed by atoms with Crippen molar-refractivity contribution in [1.82, 2.24) is 0 Å². The van der Waals surface area contributed by atoms with E-state index in [0.29, 0.717) is 13.2 Å². The van der Waals surface area contributed by atoms with E-state index in [1.807, 2.05) is 0 Å². The van der Waals surface area contributed by atoms with Gasteiger partial charge >= 0.3 is 0 Å². The van der Waals surface area contributed by atoms with Crippen LogP contribution in [0, 0.1) is 0 Å². The Kier molecular flexibility index (Phi) is 6.84. The van der Waals surface area contributed by atoms with Gasteiger partial charge in [-0.05, 0) is 13.0 Å². The number of hydrogen-bond donors (Lipinski definition) is 3. The Balaban J connectivity index is 2.89. The van der Waals surface area contributed by atoms with Crippen LogP contribution >= 0.6 is 0 Å². The highest BCUT2D eigenvalue weighted by Gasteiger charge is 1.99. The molecule has 0 aromatic heterocycles. The van der Waals surface area contributed by atoms with Crippen LogP contribution in [0.3, 0.4) is 0 Å². The lowest BCUT2D eigenvalue weighted by atomic mass is 10.4. The summed E-state index contributed by atoms with van der Waals surface area (Å²) in [4.78, 5) is 0. The molecule has 0 heterocycles. The summed E-state index contributed by atoms with van der Waals surface area (Å²) in [6.45, 7) is 1.09. The maximum absolute atomic E-state index is 8.75. The molecule has 0 aromatic carbocycles. The van der Waals surface area contributed by atoms with Gasteiger partial charge < -0.3 is 20.7 Å². The van der Waals surface area contributed by atoms with Gasteiger partial charge in [-0.25, -0.2) is 0 Å². The molecule has 0 rings (SSSR count). The lowest BCUT2D eigenvalue weighted by Crippen LogP contribution is -2.20. The second-order valence-electron chi connectivity index (χ2n) is 2.05. The molecule has 0 bridgehead atoms. The summed E-state index contributed by atoms with van der Waals surface area (Å²) >= 11 is 0. The number of rotatable bonds is 6. The fraction of sp³-hybridized carbons (Fsp3) is 1.00. The third-order valence-electron chi connectivity index (χ3n) is 1.01. The summed E-state index contributed by atoms with van der Waals surface area (Å²) in [6.07, 6.45) is 0.0378. The third kappa shape index (κ3) is 5.97. The van der Waals surface area contributed by atoms with E-state index in [0.717, 1.165) is 6.42 Å². The monoisotopic (exact) mass is 149 g/mol. The molecule has 0 fully saturated rings. The molecule has 1 atom stereocenters. The van der Waals surface area contributed by atoms with Crippen molar-refractivity contribution >= 4 is 0 Å². The maximum atomic E-state index is 8.75. The molecule has 0 aromatic rings. The molecule has 0 unspecified atom stereocenters. The zero-order chi connectivity index (χ0) is 7.82. The van der Waals surface area contributed by atoms with Crippen molar-refractivity contribution in [3.05, 3.63) is 0 Å². The molecule has 0 aliphatic rings. The maximum Gasteiger partial charge on any atom is 0.100 e. The summed E-state index contributed by atoms with van der Waals surface area (Å²) in [6, 6.07) is 0. The Morgan fingerprint density at radius 3 is 2.70 bits per heavy atom. The van der Waals surface area contributed by atoms with Crippen molar-refractivity contribution in [2.75, 3.05) is 26.4 Å². The van der Waals surface area contributed by atoms with E-state index in [9.17, 15) is 0 Å². The zero-order valence-electron chi connectivity index (χ0n) is 5.99. The Morgan fingerprint density at radius 2 is 2.20 bits per heavy atom. The second kappa shape index (κ2) is 6.95. The second-order valence-corrected chi connectivity index (χ2v) is 2.05. The van der Waals surface area contributed by atoms with Gasteiger partial charge in [-0.1, -0.05) is 0 Å². The Bertz CT molecular complexity index is 70.0. The average Bonchev–Trinajstić information content (AvgIpc) is 1.98. The lowest BCUT2D eigenvalue weighted by molar-refractivity contribution is 0.00612. The summed E-state index contributed by atoms with van der Waals surface area (Å²) in [7, 11) is 0. The summed E-state index contributed by atoms with van der Waals surface area (Å²) in [5.41, 5.74) is 5.19. The highest BCUT2D eigenvalue weighted by atomic mass is 16.5.